The molecule has 0 aliphatic carbocycles. The van der Waals surface area contributed by atoms with Gasteiger partial charge in [0.2, 0.25) is 0 Å². The third-order valence-electron chi connectivity index (χ3n) is 2.48. The van der Waals surface area contributed by atoms with Crippen LogP contribution in [0.2, 0.25) is 0 Å². The van der Waals surface area contributed by atoms with Gasteiger partial charge in [0.25, 0.3) is 0 Å². The smallest absolute Gasteiger partial charge is 0.0474 e. The van der Waals surface area contributed by atoms with Gasteiger partial charge in [-0.15, -0.1) is 5.73 Å². The summed E-state index contributed by atoms with van der Waals surface area (Å²) in [6.07, 6.45) is 2.67. The van der Waals surface area contributed by atoms with E-state index in [1.165, 1.54) is 0 Å². The fourth-order valence-corrected chi connectivity index (χ4v) is 1.50. The second-order valence-corrected chi connectivity index (χ2v) is 4.90. The van der Waals surface area contributed by atoms with Crippen LogP contribution in [0, 0.1) is 5.41 Å². The molecule has 0 amide bonds. The van der Waals surface area contributed by atoms with Crippen molar-refractivity contribution >= 4 is 6.08 Å². The molecule has 0 fully saturated rings. The number of hydrogen-bond donors (Lipinski definition) is 1. The van der Waals surface area contributed by atoms with Crippen LogP contribution in [0.4, 0.5) is 0 Å². The van der Waals surface area contributed by atoms with Crippen LogP contribution in [-0.4, -0.2) is 11.7 Å². The maximum Gasteiger partial charge on any atom is 0.0474 e. The summed E-state index contributed by atoms with van der Waals surface area (Å²) in [5.41, 5.74) is 5.66. The Morgan fingerprint density at radius 3 is 2.38 bits per heavy atom. The van der Waals surface area contributed by atoms with Gasteiger partial charge in [-0.25, -0.2) is 0 Å². The molecule has 1 rings (SSSR count). The fourth-order valence-electron chi connectivity index (χ4n) is 1.50. The summed E-state index contributed by atoms with van der Waals surface area (Å²) in [5, 5.41) is 9.02. The van der Waals surface area contributed by atoms with E-state index in [9.17, 15) is 0 Å². The van der Waals surface area contributed by atoms with Crippen molar-refractivity contribution < 1.29 is 5.11 Å². The molecule has 0 unspecified atom stereocenters. The SMILES string of the molecule is CC(C)(C)C(=C=Cc1ccccc1)CCO. The highest BCUT2D eigenvalue weighted by atomic mass is 16.2. The van der Waals surface area contributed by atoms with Crippen molar-refractivity contribution in [1.29, 1.82) is 0 Å². The summed E-state index contributed by atoms with van der Waals surface area (Å²) in [5.74, 6) is 0. The van der Waals surface area contributed by atoms with Crippen molar-refractivity contribution in [2.24, 2.45) is 5.41 Å². The van der Waals surface area contributed by atoms with Crippen LogP contribution in [0.1, 0.15) is 32.8 Å². The summed E-state index contributed by atoms with van der Waals surface area (Å²) in [7, 11) is 0. The zero-order valence-electron chi connectivity index (χ0n) is 10.3. The van der Waals surface area contributed by atoms with Crippen molar-refractivity contribution in [3.05, 3.63) is 47.2 Å². The minimum absolute atomic E-state index is 0.0635. The summed E-state index contributed by atoms with van der Waals surface area (Å²) >= 11 is 0. The highest BCUT2D eigenvalue weighted by Crippen LogP contribution is 2.26. The predicted octanol–water partition coefficient (Wildman–Crippen LogP) is 3.65. The van der Waals surface area contributed by atoms with E-state index in [-0.39, 0.29) is 12.0 Å². The Labute approximate surface area is 98.1 Å². The van der Waals surface area contributed by atoms with Crippen LogP contribution in [0.15, 0.2) is 41.6 Å². The molecular formula is C15H20O. The summed E-state index contributed by atoms with van der Waals surface area (Å²) in [6.45, 7) is 6.61. The largest absolute Gasteiger partial charge is 0.396 e. The Morgan fingerprint density at radius 2 is 1.88 bits per heavy atom. The van der Waals surface area contributed by atoms with Crippen molar-refractivity contribution in [2.45, 2.75) is 27.2 Å². The first kappa shape index (κ1) is 12.8. The van der Waals surface area contributed by atoms with Crippen LogP contribution in [0.5, 0.6) is 0 Å². The van der Waals surface area contributed by atoms with Crippen molar-refractivity contribution in [1.82, 2.24) is 0 Å². The van der Waals surface area contributed by atoms with Gasteiger partial charge in [0.15, 0.2) is 0 Å². The van der Waals surface area contributed by atoms with E-state index in [0.717, 1.165) is 11.1 Å². The third-order valence-corrected chi connectivity index (χ3v) is 2.48. The number of rotatable bonds is 3. The molecule has 1 nitrogen and oxygen atoms in total. The number of hydrogen-bond acceptors (Lipinski definition) is 1. The Morgan fingerprint density at radius 1 is 1.25 bits per heavy atom. The lowest BCUT2D eigenvalue weighted by molar-refractivity contribution is 0.288. The zero-order valence-corrected chi connectivity index (χ0v) is 10.3. The number of aliphatic hydroxyl groups excluding tert-OH is 1. The maximum atomic E-state index is 9.02. The molecule has 0 aliphatic rings. The van der Waals surface area contributed by atoms with Crippen molar-refractivity contribution in [2.75, 3.05) is 6.61 Å². The van der Waals surface area contributed by atoms with E-state index < -0.39 is 0 Å². The molecule has 0 aliphatic heterocycles. The van der Waals surface area contributed by atoms with E-state index >= 15 is 0 Å². The monoisotopic (exact) mass is 216 g/mol. The van der Waals surface area contributed by atoms with E-state index in [1.54, 1.807) is 0 Å². The van der Waals surface area contributed by atoms with Gasteiger partial charge in [-0.2, -0.15) is 0 Å². The lowest BCUT2D eigenvalue weighted by Gasteiger charge is -2.20. The minimum atomic E-state index is 0.0635. The molecule has 0 aromatic heterocycles. The molecule has 1 heteroatoms. The second kappa shape index (κ2) is 5.69. The van der Waals surface area contributed by atoms with E-state index in [2.05, 4.69) is 26.5 Å². The van der Waals surface area contributed by atoms with Gasteiger partial charge in [0.05, 0.1) is 0 Å². The first-order valence-electron chi connectivity index (χ1n) is 5.66. The molecule has 86 valence electrons. The van der Waals surface area contributed by atoms with Crippen LogP contribution in [0.3, 0.4) is 0 Å². The van der Waals surface area contributed by atoms with Gasteiger partial charge in [0.1, 0.15) is 0 Å². The predicted molar refractivity (Wildman–Crippen MR) is 69.1 cm³/mol. The molecule has 0 heterocycles. The van der Waals surface area contributed by atoms with Gasteiger partial charge in [-0.05, 0) is 29.0 Å². The lowest BCUT2D eigenvalue weighted by Crippen LogP contribution is -2.09. The average Bonchev–Trinajstić information content (AvgIpc) is 2.24. The number of aliphatic hydroxyl groups is 1. The molecule has 0 saturated carbocycles. The highest BCUT2D eigenvalue weighted by molar-refractivity contribution is 5.49. The molecular weight excluding hydrogens is 196 g/mol. The normalized spacial score (nSPS) is 10.8. The topological polar surface area (TPSA) is 20.2 Å². The molecule has 0 spiro atoms. The lowest BCUT2D eigenvalue weighted by atomic mass is 9.85. The van der Waals surface area contributed by atoms with Gasteiger partial charge in [0, 0.05) is 6.61 Å². The standard InChI is InChI=1S/C15H20O/c1-15(2,3)14(11-12-16)10-9-13-7-5-4-6-8-13/h4-9,16H,11-12H2,1-3H3. The van der Waals surface area contributed by atoms with Gasteiger partial charge in [-0.3, -0.25) is 0 Å². The van der Waals surface area contributed by atoms with Crippen molar-refractivity contribution in [3.8, 4) is 0 Å². The minimum Gasteiger partial charge on any atom is -0.396 e. The molecule has 1 N–H and O–H groups in total. The van der Waals surface area contributed by atoms with Gasteiger partial charge >= 0.3 is 0 Å². The third kappa shape index (κ3) is 4.06. The molecule has 0 radical (unpaired) electrons. The molecule has 0 bridgehead atoms. The van der Waals surface area contributed by atoms with Crippen LogP contribution in [0.25, 0.3) is 6.08 Å². The second-order valence-electron chi connectivity index (χ2n) is 4.90. The molecule has 0 saturated heterocycles. The van der Waals surface area contributed by atoms with Gasteiger partial charge in [-0.1, -0.05) is 51.1 Å². The molecule has 16 heavy (non-hydrogen) atoms. The average molecular weight is 216 g/mol. The Hall–Kier alpha value is -1.30. The fraction of sp³-hybridized carbons (Fsp3) is 0.400. The Kier molecular flexibility index (Phi) is 4.54. The first-order valence-corrected chi connectivity index (χ1v) is 5.66. The Bertz CT molecular complexity index is 376. The van der Waals surface area contributed by atoms with Gasteiger partial charge < -0.3 is 5.11 Å². The summed E-state index contributed by atoms with van der Waals surface area (Å²) in [6, 6.07) is 10.1. The molecule has 0 atom stereocenters. The quantitative estimate of drug-likeness (QED) is 0.765. The van der Waals surface area contributed by atoms with E-state index in [0.29, 0.717) is 6.42 Å². The molecule has 1 aromatic carbocycles. The summed E-state index contributed by atoms with van der Waals surface area (Å²) < 4.78 is 0. The van der Waals surface area contributed by atoms with Crippen LogP contribution >= 0.6 is 0 Å². The van der Waals surface area contributed by atoms with E-state index in [4.69, 9.17) is 5.11 Å². The number of benzene rings is 1. The Balaban J connectivity index is 2.98. The van der Waals surface area contributed by atoms with Crippen LogP contribution < -0.4 is 0 Å². The zero-order chi connectivity index (χ0) is 12.0. The summed E-state index contributed by atoms with van der Waals surface area (Å²) in [4.78, 5) is 0. The molecule has 1 aromatic rings. The first-order chi connectivity index (χ1) is 7.54. The van der Waals surface area contributed by atoms with Crippen LogP contribution in [-0.2, 0) is 0 Å². The highest BCUT2D eigenvalue weighted by Gasteiger charge is 2.15. The maximum absolute atomic E-state index is 9.02. The van der Waals surface area contributed by atoms with Crippen molar-refractivity contribution in [3.63, 3.8) is 0 Å². The van der Waals surface area contributed by atoms with E-state index in [1.807, 2.05) is 36.4 Å².